The number of thioether (sulfide) groups is 1. The van der Waals surface area contributed by atoms with E-state index in [0.717, 1.165) is 12.0 Å². The van der Waals surface area contributed by atoms with E-state index in [-0.39, 0.29) is 5.91 Å². The maximum atomic E-state index is 12.2. The summed E-state index contributed by atoms with van der Waals surface area (Å²) in [5.74, 6) is -0.127. The van der Waals surface area contributed by atoms with Crippen molar-refractivity contribution >= 4 is 17.7 Å². The Morgan fingerprint density at radius 1 is 1.30 bits per heavy atom. The summed E-state index contributed by atoms with van der Waals surface area (Å²) in [6.45, 7) is 2.67. The molecule has 0 aliphatic carbocycles. The van der Waals surface area contributed by atoms with Gasteiger partial charge in [-0.3, -0.25) is 4.79 Å². The van der Waals surface area contributed by atoms with Crippen molar-refractivity contribution in [2.45, 2.75) is 18.5 Å². The molecule has 0 atom stereocenters. The number of hydrogen-bond acceptors (Lipinski definition) is 4. The lowest BCUT2D eigenvalue weighted by atomic mass is 10.1. The number of carbonyl (C=O) groups excluding carboxylic acids is 1. The number of benzene rings is 1. The van der Waals surface area contributed by atoms with Crippen LogP contribution in [0.4, 0.5) is 0 Å². The van der Waals surface area contributed by atoms with Gasteiger partial charge in [-0.15, -0.1) is 0 Å². The lowest BCUT2D eigenvalue weighted by molar-refractivity contribution is 0.0953. The van der Waals surface area contributed by atoms with Gasteiger partial charge in [0, 0.05) is 18.3 Å². The Balaban J connectivity index is 2.43. The van der Waals surface area contributed by atoms with Gasteiger partial charge in [-0.2, -0.15) is 0 Å². The van der Waals surface area contributed by atoms with Gasteiger partial charge < -0.3 is 5.32 Å². The van der Waals surface area contributed by atoms with Crippen LogP contribution in [0.25, 0.3) is 11.3 Å². The highest BCUT2D eigenvalue weighted by atomic mass is 32.2. The minimum atomic E-state index is -0.127. The molecule has 1 aromatic carbocycles. The first kappa shape index (κ1) is 14.5. The summed E-state index contributed by atoms with van der Waals surface area (Å²) >= 11 is 1.46. The highest BCUT2D eigenvalue weighted by Crippen LogP contribution is 2.23. The van der Waals surface area contributed by atoms with Crippen molar-refractivity contribution in [2.24, 2.45) is 0 Å². The number of aromatic nitrogens is 2. The van der Waals surface area contributed by atoms with Crippen LogP contribution in [-0.4, -0.2) is 28.7 Å². The van der Waals surface area contributed by atoms with Crippen LogP contribution >= 0.6 is 11.8 Å². The molecule has 0 bridgehead atoms. The fourth-order valence-corrected chi connectivity index (χ4v) is 2.12. The zero-order valence-corrected chi connectivity index (χ0v) is 12.4. The normalized spacial score (nSPS) is 10.3. The summed E-state index contributed by atoms with van der Waals surface area (Å²) in [6.07, 6.45) is 4.42. The summed E-state index contributed by atoms with van der Waals surface area (Å²) in [5.41, 5.74) is 2.12. The third-order valence-electron chi connectivity index (χ3n) is 2.78. The highest BCUT2D eigenvalue weighted by molar-refractivity contribution is 7.98. The van der Waals surface area contributed by atoms with Gasteiger partial charge in [0.05, 0.1) is 11.3 Å². The van der Waals surface area contributed by atoms with Gasteiger partial charge in [0.15, 0.2) is 5.16 Å². The molecule has 1 heterocycles. The smallest absolute Gasteiger partial charge is 0.255 e. The molecule has 0 aliphatic heterocycles. The van der Waals surface area contributed by atoms with E-state index in [1.54, 1.807) is 6.20 Å². The Hall–Kier alpha value is -1.88. The number of hydrogen-bond donors (Lipinski definition) is 1. The van der Waals surface area contributed by atoms with Crippen LogP contribution in [0.5, 0.6) is 0 Å². The molecule has 0 unspecified atom stereocenters. The fourth-order valence-electron chi connectivity index (χ4n) is 1.78. The van der Waals surface area contributed by atoms with E-state index in [2.05, 4.69) is 15.3 Å². The van der Waals surface area contributed by atoms with Crippen molar-refractivity contribution < 1.29 is 4.79 Å². The summed E-state index contributed by atoms with van der Waals surface area (Å²) < 4.78 is 0. The molecule has 104 valence electrons. The molecule has 4 nitrogen and oxygen atoms in total. The predicted octanol–water partition coefficient (Wildman–Crippen LogP) is 3.01. The number of rotatable bonds is 5. The first-order chi connectivity index (χ1) is 9.76. The molecule has 1 amide bonds. The number of nitrogens with zero attached hydrogens (tertiary/aromatic N) is 2. The first-order valence-electron chi connectivity index (χ1n) is 6.51. The maximum absolute atomic E-state index is 12.2. The lowest BCUT2D eigenvalue weighted by Crippen LogP contribution is -2.25. The third kappa shape index (κ3) is 3.36. The SMILES string of the molecule is CCCNC(=O)c1cnc(SC)nc1-c1ccccc1. The second kappa shape index (κ2) is 7.05. The minimum Gasteiger partial charge on any atom is -0.352 e. The maximum Gasteiger partial charge on any atom is 0.255 e. The quantitative estimate of drug-likeness (QED) is 0.678. The summed E-state index contributed by atoms with van der Waals surface area (Å²) in [7, 11) is 0. The van der Waals surface area contributed by atoms with E-state index in [1.807, 2.05) is 43.5 Å². The molecule has 0 aliphatic rings. The average Bonchev–Trinajstić information content (AvgIpc) is 2.52. The molecule has 5 heteroatoms. The number of carbonyl (C=O) groups is 1. The van der Waals surface area contributed by atoms with Crippen LogP contribution in [0, 0.1) is 0 Å². The van der Waals surface area contributed by atoms with Crippen LogP contribution in [0.3, 0.4) is 0 Å². The molecule has 20 heavy (non-hydrogen) atoms. The Bertz CT molecular complexity index is 587. The van der Waals surface area contributed by atoms with Gasteiger partial charge in [-0.25, -0.2) is 9.97 Å². The predicted molar refractivity (Wildman–Crippen MR) is 81.9 cm³/mol. The molecule has 0 fully saturated rings. The van der Waals surface area contributed by atoms with Crippen molar-refractivity contribution in [3.05, 3.63) is 42.1 Å². The second-order valence-corrected chi connectivity index (χ2v) is 5.01. The molecule has 2 aromatic rings. The van der Waals surface area contributed by atoms with Crippen molar-refractivity contribution in [1.82, 2.24) is 15.3 Å². The van der Waals surface area contributed by atoms with Gasteiger partial charge in [0.25, 0.3) is 5.91 Å². The fraction of sp³-hybridized carbons (Fsp3) is 0.267. The van der Waals surface area contributed by atoms with Crippen molar-refractivity contribution in [3.8, 4) is 11.3 Å². The standard InChI is InChI=1S/C15H17N3OS/c1-3-9-16-14(19)12-10-17-15(20-2)18-13(12)11-7-5-4-6-8-11/h4-8,10H,3,9H2,1-2H3,(H,16,19). The van der Waals surface area contributed by atoms with Crippen molar-refractivity contribution in [3.63, 3.8) is 0 Å². The first-order valence-corrected chi connectivity index (χ1v) is 7.73. The number of amides is 1. The van der Waals surface area contributed by atoms with Gasteiger partial charge in [0.2, 0.25) is 0 Å². The van der Waals surface area contributed by atoms with Crippen LogP contribution in [0.15, 0.2) is 41.7 Å². The van der Waals surface area contributed by atoms with Gasteiger partial charge in [-0.1, -0.05) is 49.0 Å². The van der Waals surface area contributed by atoms with Gasteiger partial charge >= 0.3 is 0 Å². The zero-order chi connectivity index (χ0) is 14.4. The zero-order valence-electron chi connectivity index (χ0n) is 11.6. The monoisotopic (exact) mass is 287 g/mol. The molecule has 2 rings (SSSR count). The largest absolute Gasteiger partial charge is 0.352 e. The summed E-state index contributed by atoms with van der Waals surface area (Å²) in [4.78, 5) is 20.9. The van der Waals surface area contributed by atoms with Crippen molar-refractivity contribution in [1.29, 1.82) is 0 Å². The van der Waals surface area contributed by atoms with Crippen LogP contribution < -0.4 is 5.32 Å². The minimum absolute atomic E-state index is 0.127. The van der Waals surface area contributed by atoms with E-state index in [0.29, 0.717) is 23.0 Å². The number of nitrogens with one attached hydrogen (secondary N) is 1. The Morgan fingerprint density at radius 2 is 2.05 bits per heavy atom. The van der Waals surface area contributed by atoms with E-state index in [4.69, 9.17) is 0 Å². The van der Waals surface area contributed by atoms with Crippen molar-refractivity contribution in [2.75, 3.05) is 12.8 Å². The van der Waals surface area contributed by atoms with Gasteiger partial charge in [0.1, 0.15) is 0 Å². The average molecular weight is 287 g/mol. The van der Waals surface area contributed by atoms with E-state index in [1.165, 1.54) is 11.8 Å². The third-order valence-corrected chi connectivity index (χ3v) is 3.34. The summed E-state index contributed by atoms with van der Waals surface area (Å²) in [6, 6.07) is 9.71. The van der Waals surface area contributed by atoms with E-state index in [9.17, 15) is 4.79 Å². The van der Waals surface area contributed by atoms with E-state index < -0.39 is 0 Å². The summed E-state index contributed by atoms with van der Waals surface area (Å²) in [5, 5.41) is 3.53. The van der Waals surface area contributed by atoms with Crippen LogP contribution in [0.2, 0.25) is 0 Å². The Morgan fingerprint density at radius 3 is 2.70 bits per heavy atom. The molecular weight excluding hydrogens is 270 g/mol. The molecule has 1 aromatic heterocycles. The molecule has 0 spiro atoms. The molecule has 1 N–H and O–H groups in total. The molecule has 0 saturated heterocycles. The van der Waals surface area contributed by atoms with Crippen LogP contribution in [-0.2, 0) is 0 Å². The second-order valence-electron chi connectivity index (χ2n) is 4.24. The molecule has 0 radical (unpaired) electrons. The topological polar surface area (TPSA) is 54.9 Å². The molecular formula is C15H17N3OS. The Kier molecular flexibility index (Phi) is 5.12. The molecule has 0 saturated carbocycles. The van der Waals surface area contributed by atoms with Crippen LogP contribution in [0.1, 0.15) is 23.7 Å². The Labute approximate surface area is 123 Å². The van der Waals surface area contributed by atoms with Gasteiger partial charge in [-0.05, 0) is 12.7 Å². The lowest BCUT2D eigenvalue weighted by Gasteiger charge is -2.09. The highest BCUT2D eigenvalue weighted by Gasteiger charge is 2.15. The van der Waals surface area contributed by atoms with E-state index >= 15 is 0 Å².